The molecule has 68 valence electrons. The minimum atomic E-state index is 0. The van der Waals surface area contributed by atoms with E-state index in [-0.39, 0.29) is 11.0 Å². The highest BCUT2D eigenvalue weighted by molar-refractivity contribution is 5.75. The van der Waals surface area contributed by atoms with E-state index in [2.05, 4.69) is 0 Å². The van der Waals surface area contributed by atoms with Gasteiger partial charge in [-0.1, -0.05) is 57.8 Å². The average molecular weight is 180 g/mol. The van der Waals surface area contributed by atoms with Crippen LogP contribution in [0.25, 0.3) is 0 Å². The molecule has 0 spiro atoms. The van der Waals surface area contributed by atoms with Gasteiger partial charge in [0.2, 0.25) is 0 Å². The fraction of sp³-hybridized carbons (Fsp3) is 1.00. The maximum atomic E-state index is 1.55. The highest BCUT2D eigenvalue weighted by Gasteiger charge is 2.20. The summed E-state index contributed by atoms with van der Waals surface area (Å²) in [5.74, 6) is 2.24. The number of rotatable bonds is 0. The van der Waals surface area contributed by atoms with E-state index >= 15 is 0 Å². The lowest BCUT2D eigenvalue weighted by molar-refractivity contribution is 0.247. The third-order valence-electron chi connectivity index (χ3n) is 3.67. The van der Waals surface area contributed by atoms with E-state index in [1.807, 2.05) is 0 Å². The number of fused-ring (bicyclic) bond motifs is 6. The van der Waals surface area contributed by atoms with E-state index in [1.54, 1.807) is 38.5 Å². The summed E-state index contributed by atoms with van der Waals surface area (Å²) in [5.41, 5.74) is 0. The predicted octanol–water partition coefficient (Wildman–Crippen LogP) is 3.38. The van der Waals surface area contributed by atoms with Crippen LogP contribution in [0.5, 0.6) is 0 Å². The van der Waals surface area contributed by atoms with Crippen molar-refractivity contribution in [1.82, 2.24) is 0 Å². The van der Waals surface area contributed by atoms with Crippen molar-refractivity contribution in [3.05, 3.63) is 0 Å². The van der Waals surface area contributed by atoms with Crippen molar-refractivity contribution >= 4 is 11.0 Å². The quantitative estimate of drug-likeness (QED) is 0.501. The predicted molar refractivity (Wildman–Crippen MR) is 54.3 cm³/mol. The second-order valence-electron chi connectivity index (χ2n) is 4.52. The Labute approximate surface area is 81.2 Å². The molecule has 0 saturated heterocycles. The molecule has 4 radical (unpaired) electrons. The molecule has 0 N–H and O–H groups in total. The molecule has 2 bridgehead atoms. The van der Waals surface area contributed by atoms with Crippen LogP contribution in [0.4, 0.5) is 0 Å². The van der Waals surface area contributed by atoms with Crippen LogP contribution in [0, 0.1) is 11.8 Å². The van der Waals surface area contributed by atoms with Gasteiger partial charge in [0.05, 0.1) is 0 Å². The van der Waals surface area contributed by atoms with Gasteiger partial charge in [-0.3, -0.25) is 0 Å². The minimum absolute atomic E-state index is 0. The molecule has 0 aromatic rings. The molecule has 1 heteroatoms. The molecular weight excluding hydrogens is 160 g/mol. The lowest BCUT2D eigenvalue weighted by atomic mass is 9.78. The summed E-state index contributed by atoms with van der Waals surface area (Å²) in [5, 5.41) is 0. The molecule has 3 fully saturated rings. The zero-order valence-electron chi connectivity index (χ0n) is 8.02. The van der Waals surface area contributed by atoms with Crippen LogP contribution in [0.1, 0.15) is 57.8 Å². The second kappa shape index (κ2) is 5.06. The van der Waals surface area contributed by atoms with Crippen molar-refractivity contribution < 1.29 is 0 Å². The van der Waals surface area contributed by atoms with Crippen molar-refractivity contribution in [2.24, 2.45) is 11.8 Å². The second-order valence-corrected chi connectivity index (χ2v) is 4.52. The average Bonchev–Trinajstić information content (AvgIpc) is 1.80. The first-order valence-electron chi connectivity index (χ1n) is 5.45. The van der Waals surface area contributed by atoms with E-state index in [4.69, 9.17) is 0 Å². The topological polar surface area (TPSA) is 0 Å². The molecule has 0 unspecified atom stereocenters. The van der Waals surface area contributed by atoms with Crippen LogP contribution in [0.3, 0.4) is 0 Å². The molecule has 0 aromatic carbocycles. The van der Waals surface area contributed by atoms with Crippen molar-refractivity contribution in [1.29, 1.82) is 0 Å². The van der Waals surface area contributed by atoms with E-state index < -0.39 is 0 Å². The first-order chi connectivity index (χ1) is 5.45. The summed E-state index contributed by atoms with van der Waals surface area (Å²) < 4.78 is 0. The van der Waals surface area contributed by atoms with E-state index in [0.717, 1.165) is 11.8 Å². The van der Waals surface area contributed by atoms with Gasteiger partial charge < -0.3 is 0 Å². The number of hydrogen-bond donors (Lipinski definition) is 0. The fourth-order valence-corrected chi connectivity index (χ4v) is 2.95. The maximum absolute atomic E-state index is 1.55. The van der Waals surface area contributed by atoms with E-state index in [9.17, 15) is 0 Å². The van der Waals surface area contributed by atoms with Gasteiger partial charge in [-0.15, -0.1) is 0 Å². The normalized spacial score (nSPS) is 36.0. The Kier molecular flexibility index (Phi) is 4.34. The molecule has 3 saturated carbocycles. The zero-order chi connectivity index (χ0) is 7.52. The molecular formula is C11H20Si. The van der Waals surface area contributed by atoms with Crippen LogP contribution in [-0.2, 0) is 0 Å². The third-order valence-corrected chi connectivity index (χ3v) is 3.67. The molecule has 0 nitrogen and oxygen atoms in total. The van der Waals surface area contributed by atoms with Crippen molar-refractivity contribution in [3.63, 3.8) is 0 Å². The molecule has 0 amide bonds. The Hall–Kier alpha value is 0.217. The molecule has 0 atom stereocenters. The molecule has 0 heterocycles. The molecule has 3 rings (SSSR count). The Morgan fingerprint density at radius 3 is 1.00 bits per heavy atom. The highest BCUT2D eigenvalue weighted by Crippen LogP contribution is 2.35. The van der Waals surface area contributed by atoms with Gasteiger partial charge in [-0.25, -0.2) is 0 Å². The summed E-state index contributed by atoms with van der Waals surface area (Å²) in [6, 6.07) is 0. The van der Waals surface area contributed by atoms with Gasteiger partial charge in [-0.2, -0.15) is 0 Å². The Morgan fingerprint density at radius 2 is 0.750 bits per heavy atom. The molecule has 0 aromatic heterocycles. The maximum Gasteiger partial charge on any atom is 0 e. The lowest BCUT2D eigenvalue weighted by Crippen LogP contribution is -2.14. The van der Waals surface area contributed by atoms with E-state index in [1.165, 1.54) is 19.3 Å². The van der Waals surface area contributed by atoms with Crippen molar-refractivity contribution in [2.45, 2.75) is 57.8 Å². The summed E-state index contributed by atoms with van der Waals surface area (Å²) in [4.78, 5) is 0. The molecule has 0 aliphatic heterocycles. The van der Waals surface area contributed by atoms with Crippen LogP contribution >= 0.6 is 0 Å². The summed E-state index contributed by atoms with van der Waals surface area (Å²) in [7, 11) is 0. The van der Waals surface area contributed by atoms with Crippen molar-refractivity contribution in [3.8, 4) is 0 Å². The van der Waals surface area contributed by atoms with Crippen LogP contribution in [0.2, 0.25) is 0 Å². The summed E-state index contributed by atoms with van der Waals surface area (Å²) in [6.07, 6.45) is 13.9. The smallest absolute Gasteiger partial charge is 0 e. The summed E-state index contributed by atoms with van der Waals surface area (Å²) >= 11 is 0. The van der Waals surface area contributed by atoms with Gasteiger partial charge in [0.15, 0.2) is 0 Å². The van der Waals surface area contributed by atoms with Gasteiger partial charge in [0.1, 0.15) is 0 Å². The Balaban J connectivity index is 0.000000720. The van der Waals surface area contributed by atoms with Gasteiger partial charge in [-0.05, 0) is 11.8 Å². The first-order valence-corrected chi connectivity index (χ1v) is 5.45. The lowest BCUT2D eigenvalue weighted by Gasteiger charge is -2.28. The monoisotopic (exact) mass is 180 g/mol. The van der Waals surface area contributed by atoms with Gasteiger partial charge in [0, 0.05) is 11.0 Å². The third kappa shape index (κ3) is 2.62. The highest BCUT2D eigenvalue weighted by atomic mass is 28.1. The molecule has 3 aliphatic rings. The summed E-state index contributed by atoms with van der Waals surface area (Å²) in [6.45, 7) is 0. The van der Waals surface area contributed by atoms with Gasteiger partial charge in [0.25, 0.3) is 0 Å². The molecule has 3 aliphatic carbocycles. The first kappa shape index (κ1) is 10.3. The van der Waals surface area contributed by atoms with Crippen molar-refractivity contribution in [2.75, 3.05) is 0 Å². The molecule has 12 heavy (non-hydrogen) atoms. The SMILES string of the molecule is C1CC2CCCC(C1)CCC2.[Si]. The van der Waals surface area contributed by atoms with Crippen LogP contribution in [-0.4, -0.2) is 11.0 Å². The standard InChI is InChI=1S/C11H20.Si/c1-4-10-6-2-7-11(5-1)9-3-8-10;/h10-11H,1-9H2;. The van der Waals surface area contributed by atoms with Gasteiger partial charge >= 0.3 is 0 Å². The van der Waals surface area contributed by atoms with Crippen LogP contribution in [0.15, 0.2) is 0 Å². The fourth-order valence-electron chi connectivity index (χ4n) is 2.95. The van der Waals surface area contributed by atoms with Crippen LogP contribution < -0.4 is 0 Å². The number of hydrogen-bond acceptors (Lipinski definition) is 0. The van der Waals surface area contributed by atoms with E-state index in [0.29, 0.717) is 0 Å². The Bertz CT molecular complexity index is 86.4. The zero-order valence-corrected chi connectivity index (χ0v) is 9.02. The largest absolute Gasteiger partial charge is 0.0528 e. The Morgan fingerprint density at radius 1 is 0.500 bits per heavy atom. The minimum Gasteiger partial charge on any atom is -0.0528 e.